The number of aryl methyl sites for hydroxylation is 1. The SMILES string of the molecule is Cc1ccc(S(=O)(=O)NCCC(=O)N2C[C@H](C)C[C@@H](C)C2)cc1. The van der Waals surface area contributed by atoms with Gasteiger partial charge in [-0.1, -0.05) is 31.5 Å². The van der Waals surface area contributed by atoms with Gasteiger partial charge in [-0.05, 0) is 37.3 Å². The molecule has 1 aliphatic rings. The monoisotopic (exact) mass is 338 g/mol. The summed E-state index contributed by atoms with van der Waals surface area (Å²) in [5.74, 6) is 1.04. The highest BCUT2D eigenvalue weighted by Crippen LogP contribution is 2.21. The summed E-state index contributed by atoms with van der Waals surface area (Å²) in [5, 5.41) is 0. The third-order valence-corrected chi connectivity index (χ3v) is 5.66. The van der Waals surface area contributed by atoms with Crippen molar-refractivity contribution in [2.24, 2.45) is 11.8 Å². The zero-order chi connectivity index (χ0) is 17.0. The molecule has 1 fully saturated rings. The molecule has 1 aliphatic heterocycles. The van der Waals surface area contributed by atoms with Crippen molar-refractivity contribution in [3.05, 3.63) is 29.8 Å². The first-order valence-corrected chi connectivity index (χ1v) is 9.60. The summed E-state index contributed by atoms with van der Waals surface area (Å²) in [6.45, 7) is 7.88. The summed E-state index contributed by atoms with van der Waals surface area (Å²) in [7, 11) is -3.55. The number of hydrogen-bond donors (Lipinski definition) is 1. The van der Waals surface area contributed by atoms with Gasteiger partial charge in [-0.3, -0.25) is 4.79 Å². The van der Waals surface area contributed by atoms with Crippen LogP contribution in [0.1, 0.15) is 32.3 Å². The molecule has 0 saturated carbocycles. The van der Waals surface area contributed by atoms with Gasteiger partial charge in [-0.25, -0.2) is 13.1 Å². The van der Waals surface area contributed by atoms with Crippen LogP contribution in [0.15, 0.2) is 29.2 Å². The maximum Gasteiger partial charge on any atom is 0.240 e. The van der Waals surface area contributed by atoms with Crippen molar-refractivity contribution < 1.29 is 13.2 Å². The Morgan fingerprint density at radius 3 is 2.30 bits per heavy atom. The quantitative estimate of drug-likeness (QED) is 0.895. The highest BCUT2D eigenvalue weighted by atomic mass is 32.2. The van der Waals surface area contributed by atoms with E-state index in [1.165, 1.54) is 0 Å². The number of hydrogen-bond acceptors (Lipinski definition) is 3. The molecule has 1 aromatic carbocycles. The van der Waals surface area contributed by atoms with Gasteiger partial charge in [0.2, 0.25) is 15.9 Å². The predicted octanol–water partition coefficient (Wildman–Crippen LogP) is 2.17. The van der Waals surface area contributed by atoms with Crippen molar-refractivity contribution >= 4 is 15.9 Å². The smallest absolute Gasteiger partial charge is 0.240 e. The minimum absolute atomic E-state index is 0.0232. The molecule has 1 N–H and O–H groups in total. The van der Waals surface area contributed by atoms with Crippen LogP contribution in [0.5, 0.6) is 0 Å². The number of likely N-dealkylation sites (tertiary alicyclic amines) is 1. The van der Waals surface area contributed by atoms with E-state index < -0.39 is 10.0 Å². The second-order valence-corrected chi connectivity index (χ2v) is 8.47. The van der Waals surface area contributed by atoms with E-state index in [4.69, 9.17) is 0 Å². The molecule has 0 spiro atoms. The lowest BCUT2D eigenvalue weighted by molar-refractivity contribution is -0.133. The fourth-order valence-electron chi connectivity index (χ4n) is 3.12. The molecule has 1 heterocycles. The number of sulfonamides is 1. The number of nitrogens with zero attached hydrogens (tertiary/aromatic N) is 1. The summed E-state index contributed by atoms with van der Waals surface area (Å²) in [6, 6.07) is 6.67. The van der Waals surface area contributed by atoms with Gasteiger partial charge >= 0.3 is 0 Å². The molecule has 0 bridgehead atoms. The van der Waals surface area contributed by atoms with E-state index in [0.717, 1.165) is 25.1 Å². The molecule has 0 unspecified atom stereocenters. The molecule has 0 radical (unpaired) electrons. The van der Waals surface area contributed by atoms with E-state index >= 15 is 0 Å². The Morgan fingerprint density at radius 1 is 1.17 bits per heavy atom. The average molecular weight is 338 g/mol. The molecule has 2 atom stereocenters. The van der Waals surface area contributed by atoms with Crippen LogP contribution in [-0.4, -0.2) is 38.9 Å². The van der Waals surface area contributed by atoms with Crippen LogP contribution >= 0.6 is 0 Å². The van der Waals surface area contributed by atoms with E-state index in [1.807, 2.05) is 11.8 Å². The summed E-state index contributed by atoms with van der Waals surface area (Å²) < 4.78 is 26.9. The fourth-order valence-corrected chi connectivity index (χ4v) is 4.15. The zero-order valence-electron chi connectivity index (χ0n) is 14.1. The lowest BCUT2D eigenvalue weighted by Gasteiger charge is -2.35. The maximum absolute atomic E-state index is 12.2. The Morgan fingerprint density at radius 2 is 1.74 bits per heavy atom. The van der Waals surface area contributed by atoms with Crippen molar-refractivity contribution in [1.29, 1.82) is 0 Å². The molecule has 128 valence electrons. The number of amides is 1. The maximum atomic E-state index is 12.2. The lowest BCUT2D eigenvalue weighted by atomic mass is 9.92. The fraction of sp³-hybridized carbons (Fsp3) is 0.588. The lowest BCUT2D eigenvalue weighted by Crippen LogP contribution is -2.43. The second-order valence-electron chi connectivity index (χ2n) is 6.71. The standard InChI is InChI=1S/C17H26N2O3S/c1-13-4-6-16(7-5-13)23(21,22)18-9-8-17(20)19-11-14(2)10-15(3)12-19/h4-7,14-15,18H,8-12H2,1-3H3/t14-,15-/m1/s1. The average Bonchev–Trinajstić information content (AvgIpc) is 2.46. The molecule has 6 heteroatoms. The number of benzene rings is 1. The number of piperidine rings is 1. The van der Waals surface area contributed by atoms with Crippen LogP contribution in [0.3, 0.4) is 0 Å². The van der Waals surface area contributed by atoms with Crippen LogP contribution < -0.4 is 4.72 Å². The second kappa shape index (κ2) is 7.45. The first kappa shape index (κ1) is 17.9. The van der Waals surface area contributed by atoms with Crippen LogP contribution in [0.2, 0.25) is 0 Å². The minimum Gasteiger partial charge on any atom is -0.342 e. The van der Waals surface area contributed by atoms with Crippen molar-refractivity contribution in [2.45, 2.75) is 38.5 Å². The summed E-state index contributed by atoms with van der Waals surface area (Å²) >= 11 is 0. The topological polar surface area (TPSA) is 66.5 Å². The Bertz CT molecular complexity index is 630. The highest BCUT2D eigenvalue weighted by Gasteiger charge is 2.25. The van der Waals surface area contributed by atoms with Crippen LogP contribution in [0.4, 0.5) is 0 Å². The zero-order valence-corrected chi connectivity index (χ0v) is 14.9. The number of carbonyl (C=O) groups excluding carboxylic acids is 1. The van der Waals surface area contributed by atoms with Gasteiger partial charge in [0.15, 0.2) is 0 Å². The molecule has 1 aromatic rings. The summed E-state index contributed by atoms with van der Waals surface area (Å²) in [6.07, 6.45) is 1.34. The molecule has 1 saturated heterocycles. The van der Waals surface area contributed by atoms with Crippen molar-refractivity contribution in [3.8, 4) is 0 Å². The molecule has 0 aliphatic carbocycles. The third kappa shape index (κ3) is 5.04. The van der Waals surface area contributed by atoms with Crippen molar-refractivity contribution in [1.82, 2.24) is 9.62 Å². The largest absolute Gasteiger partial charge is 0.342 e. The number of nitrogens with one attached hydrogen (secondary N) is 1. The molecule has 5 nitrogen and oxygen atoms in total. The van der Waals surface area contributed by atoms with Gasteiger partial charge in [0.25, 0.3) is 0 Å². The minimum atomic E-state index is -3.55. The van der Waals surface area contributed by atoms with Crippen molar-refractivity contribution in [2.75, 3.05) is 19.6 Å². The van der Waals surface area contributed by atoms with E-state index in [1.54, 1.807) is 24.3 Å². The Kier molecular flexibility index (Phi) is 5.81. The summed E-state index contributed by atoms with van der Waals surface area (Å²) in [5.41, 5.74) is 1.01. The number of carbonyl (C=O) groups is 1. The predicted molar refractivity (Wildman–Crippen MR) is 90.5 cm³/mol. The van der Waals surface area contributed by atoms with Gasteiger partial charge in [0, 0.05) is 26.1 Å². The third-order valence-electron chi connectivity index (χ3n) is 4.18. The Hall–Kier alpha value is -1.40. The first-order valence-electron chi connectivity index (χ1n) is 8.12. The van der Waals surface area contributed by atoms with Gasteiger partial charge in [-0.15, -0.1) is 0 Å². The van der Waals surface area contributed by atoms with Crippen LogP contribution in [0.25, 0.3) is 0 Å². The van der Waals surface area contributed by atoms with E-state index in [0.29, 0.717) is 11.8 Å². The van der Waals surface area contributed by atoms with Gasteiger partial charge in [0.05, 0.1) is 4.90 Å². The van der Waals surface area contributed by atoms with E-state index in [9.17, 15) is 13.2 Å². The first-order chi connectivity index (χ1) is 10.8. The van der Waals surface area contributed by atoms with Crippen LogP contribution in [0, 0.1) is 18.8 Å². The normalized spacial score (nSPS) is 22.1. The highest BCUT2D eigenvalue weighted by molar-refractivity contribution is 7.89. The van der Waals surface area contributed by atoms with E-state index in [-0.39, 0.29) is 23.8 Å². The molecular formula is C17H26N2O3S. The molecule has 23 heavy (non-hydrogen) atoms. The van der Waals surface area contributed by atoms with E-state index in [2.05, 4.69) is 18.6 Å². The summed E-state index contributed by atoms with van der Waals surface area (Å²) in [4.78, 5) is 14.3. The van der Waals surface area contributed by atoms with Gasteiger partial charge in [-0.2, -0.15) is 0 Å². The van der Waals surface area contributed by atoms with Crippen LogP contribution in [-0.2, 0) is 14.8 Å². The Labute approximate surface area is 139 Å². The van der Waals surface area contributed by atoms with Crippen molar-refractivity contribution in [3.63, 3.8) is 0 Å². The number of rotatable bonds is 5. The van der Waals surface area contributed by atoms with Gasteiger partial charge in [0.1, 0.15) is 0 Å². The molecular weight excluding hydrogens is 312 g/mol. The molecule has 1 amide bonds. The molecule has 0 aromatic heterocycles. The Balaban J connectivity index is 1.86. The van der Waals surface area contributed by atoms with Gasteiger partial charge < -0.3 is 4.90 Å². The molecule has 2 rings (SSSR count).